The van der Waals surface area contributed by atoms with E-state index >= 15 is 0 Å². The molecule has 0 N–H and O–H groups in total. The molecular formula is C16H28N4Si. The normalized spacial score (nSPS) is 12.1. The SMILES string of the molecule is C=CC(C=C)[Si](C)(C)C.CC(C)(C#N)N=NC(C)(C)C#N. The molecule has 0 saturated carbocycles. The molecule has 0 aliphatic rings. The molecule has 0 bridgehead atoms. The Labute approximate surface area is 130 Å². The van der Waals surface area contributed by atoms with Crippen molar-refractivity contribution in [1.82, 2.24) is 0 Å². The molecular weight excluding hydrogens is 276 g/mol. The van der Waals surface area contributed by atoms with Crippen LogP contribution in [0.2, 0.25) is 25.2 Å². The van der Waals surface area contributed by atoms with Crippen LogP contribution in [-0.4, -0.2) is 19.2 Å². The first-order valence-corrected chi connectivity index (χ1v) is 10.4. The van der Waals surface area contributed by atoms with Gasteiger partial charge in [0.1, 0.15) is 0 Å². The van der Waals surface area contributed by atoms with Gasteiger partial charge in [0.25, 0.3) is 0 Å². The topological polar surface area (TPSA) is 72.3 Å². The third kappa shape index (κ3) is 10.7. The van der Waals surface area contributed by atoms with Crippen LogP contribution in [0.4, 0.5) is 0 Å². The summed E-state index contributed by atoms with van der Waals surface area (Å²) in [5.41, 5.74) is -1.11. The molecule has 0 saturated heterocycles. The van der Waals surface area contributed by atoms with Gasteiger partial charge >= 0.3 is 0 Å². The van der Waals surface area contributed by atoms with Crippen LogP contribution in [0.5, 0.6) is 0 Å². The molecule has 4 nitrogen and oxygen atoms in total. The van der Waals surface area contributed by atoms with E-state index < -0.39 is 19.2 Å². The first-order chi connectivity index (χ1) is 9.35. The highest BCUT2D eigenvalue weighted by Crippen LogP contribution is 2.22. The molecule has 0 atom stereocenters. The number of azo groups is 1. The van der Waals surface area contributed by atoms with E-state index in [-0.39, 0.29) is 0 Å². The van der Waals surface area contributed by atoms with E-state index in [0.717, 1.165) is 0 Å². The number of rotatable bonds is 5. The highest BCUT2D eigenvalue weighted by Gasteiger charge is 2.20. The molecule has 0 aliphatic carbocycles. The molecule has 0 aromatic heterocycles. The van der Waals surface area contributed by atoms with Crippen molar-refractivity contribution in [2.24, 2.45) is 10.2 Å². The van der Waals surface area contributed by atoms with Crippen molar-refractivity contribution in [1.29, 1.82) is 10.5 Å². The van der Waals surface area contributed by atoms with Gasteiger partial charge in [0.15, 0.2) is 11.1 Å². The Morgan fingerprint density at radius 1 is 0.905 bits per heavy atom. The average molecular weight is 305 g/mol. The van der Waals surface area contributed by atoms with Crippen LogP contribution >= 0.6 is 0 Å². The van der Waals surface area contributed by atoms with E-state index in [2.05, 4.69) is 43.0 Å². The Bertz CT molecular complexity index is 420. The lowest BCUT2D eigenvalue weighted by Crippen LogP contribution is -2.24. The lowest BCUT2D eigenvalue weighted by molar-refractivity contribution is 0.541. The average Bonchev–Trinajstić information content (AvgIpc) is 2.37. The Kier molecular flexibility index (Phi) is 8.77. The van der Waals surface area contributed by atoms with E-state index in [1.807, 2.05) is 24.3 Å². The van der Waals surface area contributed by atoms with Crippen molar-refractivity contribution in [3.8, 4) is 12.1 Å². The van der Waals surface area contributed by atoms with Crippen molar-refractivity contribution in [3.05, 3.63) is 25.3 Å². The number of nitriles is 2. The van der Waals surface area contributed by atoms with Crippen molar-refractivity contribution < 1.29 is 0 Å². The zero-order valence-electron chi connectivity index (χ0n) is 14.4. The van der Waals surface area contributed by atoms with E-state index in [1.165, 1.54) is 0 Å². The second-order valence-corrected chi connectivity index (χ2v) is 12.3. The lowest BCUT2D eigenvalue weighted by atomic mass is 10.1. The zero-order chi connectivity index (χ0) is 17.3. The molecule has 0 radical (unpaired) electrons. The first-order valence-electron chi connectivity index (χ1n) is 6.87. The van der Waals surface area contributed by atoms with Crippen LogP contribution < -0.4 is 0 Å². The fourth-order valence-corrected chi connectivity index (χ4v) is 2.51. The predicted molar refractivity (Wildman–Crippen MR) is 91.7 cm³/mol. The van der Waals surface area contributed by atoms with Crippen LogP contribution in [-0.2, 0) is 0 Å². The maximum atomic E-state index is 8.58. The number of hydrogen-bond donors (Lipinski definition) is 0. The minimum Gasteiger partial charge on any atom is -0.196 e. The smallest absolute Gasteiger partial charge is 0.162 e. The maximum absolute atomic E-state index is 8.58. The first kappa shape index (κ1) is 21.6. The molecule has 5 heteroatoms. The van der Waals surface area contributed by atoms with Crippen molar-refractivity contribution >= 4 is 8.07 Å². The summed E-state index contributed by atoms with van der Waals surface area (Å²) in [4.78, 5) is 0. The van der Waals surface area contributed by atoms with Gasteiger partial charge in [0.05, 0.1) is 20.2 Å². The van der Waals surface area contributed by atoms with Gasteiger partial charge in [-0.3, -0.25) is 0 Å². The van der Waals surface area contributed by atoms with Gasteiger partial charge in [-0.15, -0.1) is 13.2 Å². The number of nitrogens with zero attached hydrogens (tertiary/aromatic N) is 4. The molecule has 0 amide bonds. The summed E-state index contributed by atoms with van der Waals surface area (Å²) in [6.45, 7) is 21.1. The van der Waals surface area contributed by atoms with Gasteiger partial charge in [0, 0.05) is 0 Å². The molecule has 0 unspecified atom stereocenters. The van der Waals surface area contributed by atoms with Gasteiger partial charge in [-0.1, -0.05) is 31.8 Å². The van der Waals surface area contributed by atoms with Gasteiger partial charge in [-0.05, 0) is 33.2 Å². The van der Waals surface area contributed by atoms with Gasteiger partial charge < -0.3 is 0 Å². The monoisotopic (exact) mass is 304 g/mol. The summed E-state index contributed by atoms with van der Waals surface area (Å²) in [7, 11) is -1.02. The van der Waals surface area contributed by atoms with Crippen LogP contribution in [0.15, 0.2) is 35.5 Å². The Hall–Kier alpha value is -1.72. The molecule has 0 rings (SSSR count). The second kappa shape index (κ2) is 8.54. The van der Waals surface area contributed by atoms with Crippen LogP contribution in [0, 0.1) is 22.7 Å². The minimum atomic E-state index is -1.02. The summed E-state index contributed by atoms with van der Waals surface area (Å²) in [5, 5.41) is 24.7. The highest BCUT2D eigenvalue weighted by molar-refractivity contribution is 6.78. The second-order valence-electron chi connectivity index (χ2n) is 6.90. The summed E-state index contributed by atoms with van der Waals surface area (Å²) in [6, 6.07) is 3.94. The van der Waals surface area contributed by atoms with Crippen molar-refractivity contribution in [2.75, 3.05) is 0 Å². The molecule has 0 aromatic carbocycles. The molecule has 21 heavy (non-hydrogen) atoms. The quantitative estimate of drug-likeness (QED) is 0.402. The Morgan fingerprint density at radius 2 is 1.19 bits per heavy atom. The Morgan fingerprint density at radius 3 is 1.29 bits per heavy atom. The zero-order valence-corrected chi connectivity index (χ0v) is 15.4. The number of allylic oxidation sites excluding steroid dienone is 2. The van der Waals surface area contributed by atoms with Gasteiger partial charge in [0.2, 0.25) is 0 Å². The van der Waals surface area contributed by atoms with Crippen LogP contribution in [0.1, 0.15) is 27.7 Å². The molecule has 0 spiro atoms. The minimum absolute atomic E-state index is 0.567. The van der Waals surface area contributed by atoms with Gasteiger partial charge in [-0.2, -0.15) is 20.8 Å². The maximum Gasteiger partial charge on any atom is 0.162 e. The van der Waals surface area contributed by atoms with E-state index in [0.29, 0.717) is 5.54 Å². The molecule has 116 valence electrons. The third-order valence-corrected chi connectivity index (χ3v) is 5.08. The largest absolute Gasteiger partial charge is 0.196 e. The van der Waals surface area contributed by atoms with Crippen LogP contribution in [0.3, 0.4) is 0 Å². The fourth-order valence-electron chi connectivity index (χ4n) is 1.10. The predicted octanol–water partition coefficient (Wildman–Crippen LogP) is 5.11. The van der Waals surface area contributed by atoms with E-state index in [1.54, 1.807) is 27.7 Å². The summed E-state index contributed by atoms with van der Waals surface area (Å²) in [6.07, 6.45) is 4.00. The molecule has 0 fully saturated rings. The van der Waals surface area contributed by atoms with Gasteiger partial charge in [-0.25, -0.2) is 0 Å². The molecule has 0 aliphatic heterocycles. The van der Waals surface area contributed by atoms with E-state index in [4.69, 9.17) is 10.5 Å². The molecule has 0 heterocycles. The van der Waals surface area contributed by atoms with Crippen molar-refractivity contribution in [3.63, 3.8) is 0 Å². The summed E-state index contributed by atoms with van der Waals surface area (Å²) < 4.78 is 0. The highest BCUT2D eigenvalue weighted by atomic mass is 28.3. The standard InChI is InChI=1S/C8H12N4.C8H16Si/c1-7(2,5-9)11-12-8(3,4)6-10;1-6-8(7-2)9(3,4)5/h1-4H3;6-8H,1-2H2,3-5H3. The Balaban J connectivity index is 0. The third-order valence-electron chi connectivity index (χ3n) is 2.61. The summed E-state index contributed by atoms with van der Waals surface area (Å²) in [5.74, 6) is 0. The molecule has 0 aromatic rings. The van der Waals surface area contributed by atoms with Crippen LogP contribution in [0.25, 0.3) is 0 Å². The number of hydrogen-bond acceptors (Lipinski definition) is 4. The van der Waals surface area contributed by atoms with E-state index in [9.17, 15) is 0 Å². The lowest BCUT2D eigenvalue weighted by Gasteiger charge is -2.21. The fraction of sp³-hybridized carbons (Fsp3) is 0.625. The van der Waals surface area contributed by atoms with Crippen molar-refractivity contribution in [2.45, 2.75) is 64.0 Å². The summed E-state index contributed by atoms with van der Waals surface area (Å²) >= 11 is 0.